The second-order valence-electron chi connectivity index (χ2n) is 9.29. The van der Waals surface area contributed by atoms with E-state index in [0.29, 0.717) is 24.3 Å². The Balaban J connectivity index is 1.37. The number of aromatic amines is 1. The van der Waals surface area contributed by atoms with Gasteiger partial charge in [-0.1, -0.05) is 12.1 Å². The number of halogens is 1. The minimum atomic E-state index is -0.590. The Morgan fingerprint density at radius 2 is 1.70 bits per heavy atom. The topological polar surface area (TPSA) is 75.3 Å². The number of rotatable bonds is 6. The van der Waals surface area contributed by atoms with Gasteiger partial charge >= 0.3 is 5.97 Å². The molecule has 4 bridgehead atoms. The number of benzene rings is 1. The summed E-state index contributed by atoms with van der Waals surface area (Å²) in [5, 5.41) is 6.30. The predicted molar refractivity (Wildman–Crippen MR) is 107 cm³/mol. The zero-order valence-electron chi connectivity index (χ0n) is 16.9. The van der Waals surface area contributed by atoms with E-state index < -0.39 is 5.97 Å². The molecule has 4 fully saturated rings. The Labute approximate surface area is 174 Å². The summed E-state index contributed by atoms with van der Waals surface area (Å²) in [5.41, 5.74) is 0.934. The van der Waals surface area contributed by atoms with Gasteiger partial charge in [0.1, 0.15) is 11.5 Å². The maximum Gasteiger partial charge on any atom is 0.356 e. The van der Waals surface area contributed by atoms with Crippen LogP contribution in [0, 0.1) is 23.6 Å². The molecule has 0 saturated heterocycles. The number of ether oxygens (including phenoxy) is 1. The average molecular weight is 411 g/mol. The fraction of sp³-hybridized carbons (Fsp3) is 0.522. The van der Waals surface area contributed by atoms with Crippen molar-refractivity contribution in [2.24, 2.45) is 17.8 Å². The monoisotopic (exact) mass is 411 g/mol. The van der Waals surface area contributed by atoms with Crippen LogP contribution in [0.15, 0.2) is 36.5 Å². The van der Waals surface area contributed by atoms with Gasteiger partial charge in [-0.3, -0.25) is 9.89 Å². The summed E-state index contributed by atoms with van der Waals surface area (Å²) in [5.74, 6) is 0.953. The van der Waals surface area contributed by atoms with Crippen LogP contribution in [0.1, 0.15) is 54.6 Å². The smallest absolute Gasteiger partial charge is 0.356 e. The van der Waals surface area contributed by atoms with Crippen LogP contribution in [0.2, 0.25) is 0 Å². The van der Waals surface area contributed by atoms with Crippen molar-refractivity contribution in [3.8, 4) is 0 Å². The fourth-order valence-corrected chi connectivity index (χ4v) is 6.34. The number of hydrogen-bond donors (Lipinski definition) is 1. The molecule has 158 valence electrons. The molecule has 1 amide bonds. The van der Waals surface area contributed by atoms with E-state index in [1.54, 1.807) is 12.1 Å². The molecule has 4 aliphatic rings. The zero-order chi connectivity index (χ0) is 20.7. The maximum absolute atomic E-state index is 13.4. The second kappa shape index (κ2) is 7.52. The van der Waals surface area contributed by atoms with Crippen LogP contribution in [-0.2, 0) is 16.1 Å². The van der Waals surface area contributed by atoms with E-state index in [2.05, 4.69) is 10.2 Å². The van der Waals surface area contributed by atoms with Crippen LogP contribution in [0.5, 0.6) is 0 Å². The van der Waals surface area contributed by atoms with Crippen molar-refractivity contribution >= 4 is 11.9 Å². The van der Waals surface area contributed by atoms with E-state index in [1.165, 1.54) is 43.7 Å². The molecule has 0 unspecified atom stereocenters. The summed E-state index contributed by atoms with van der Waals surface area (Å²) in [6.07, 6.45) is 8.32. The Kier molecular flexibility index (Phi) is 4.83. The van der Waals surface area contributed by atoms with Crippen molar-refractivity contribution in [1.82, 2.24) is 15.1 Å². The largest absolute Gasteiger partial charge is 0.451 e. The molecule has 1 aromatic heterocycles. The van der Waals surface area contributed by atoms with Crippen molar-refractivity contribution in [2.75, 3.05) is 6.61 Å². The molecular formula is C23H26FN3O3. The number of aromatic nitrogens is 2. The lowest BCUT2D eigenvalue weighted by molar-refractivity contribution is -0.155. The van der Waals surface area contributed by atoms with E-state index in [-0.39, 0.29) is 29.6 Å². The van der Waals surface area contributed by atoms with Crippen molar-refractivity contribution in [2.45, 2.75) is 50.6 Å². The van der Waals surface area contributed by atoms with E-state index in [0.717, 1.165) is 24.8 Å². The SMILES string of the molecule is O=C(OCC(=O)N(Cc1ccc(F)cc1)C12CC3CC(CC(C3)C1)C2)c1ccn[nH]1. The summed E-state index contributed by atoms with van der Waals surface area (Å²) in [4.78, 5) is 27.5. The van der Waals surface area contributed by atoms with Gasteiger partial charge in [0, 0.05) is 18.3 Å². The Hall–Kier alpha value is -2.70. The number of nitrogens with zero attached hydrogens (tertiary/aromatic N) is 2. The first kappa shape index (κ1) is 19.3. The Morgan fingerprint density at radius 1 is 1.07 bits per heavy atom. The number of nitrogens with one attached hydrogen (secondary N) is 1. The highest BCUT2D eigenvalue weighted by molar-refractivity contribution is 5.89. The third-order valence-electron chi connectivity index (χ3n) is 7.18. The number of carbonyl (C=O) groups excluding carboxylic acids is 2. The zero-order valence-corrected chi connectivity index (χ0v) is 16.9. The normalized spacial score (nSPS) is 29.0. The number of esters is 1. The van der Waals surface area contributed by atoms with Crippen LogP contribution in [0.25, 0.3) is 0 Å². The molecule has 30 heavy (non-hydrogen) atoms. The molecule has 4 aliphatic carbocycles. The first-order valence-corrected chi connectivity index (χ1v) is 10.7. The summed E-state index contributed by atoms with van der Waals surface area (Å²) in [6, 6.07) is 7.83. The van der Waals surface area contributed by atoms with Gasteiger partial charge in [-0.15, -0.1) is 0 Å². The predicted octanol–water partition coefficient (Wildman–Crippen LogP) is 3.70. The van der Waals surface area contributed by atoms with E-state index in [1.807, 2.05) is 4.90 Å². The fourth-order valence-electron chi connectivity index (χ4n) is 6.34. The maximum atomic E-state index is 13.4. The molecule has 6 rings (SSSR count). The molecule has 2 aromatic rings. The van der Waals surface area contributed by atoms with Crippen LogP contribution in [0.4, 0.5) is 4.39 Å². The lowest BCUT2D eigenvalue weighted by atomic mass is 9.52. The van der Waals surface area contributed by atoms with Gasteiger partial charge < -0.3 is 9.64 Å². The Morgan fingerprint density at radius 3 is 2.27 bits per heavy atom. The molecule has 6 nitrogen and oxygen atoms in total. The van der Waals surface area contributed by atoms with E-state index in [4.69, 9.17) is 4.74 Å². The van der Waals surface area contributed by atoms with Crippen molar-refractivity contribution in [3.05, 3.63) is 53.6 Å². The lowest BCUT2D eigenvalue weighted by Gasteiger charge is -2.60. The summed E-state index contributed by atoms with van der Waals surface area (Å²) in [6.45, 7) is 0.105. The van der Waals surface area contributed by atoms with Gasteiger partial charge in [0.15, 0.2) is 6.61 Å². The molecule has 0 spiro atoms. The molecule has 7 heteroatoms. The van der Waals surface area contributed by atoms with Crippen LogP contribution in [0.3, 0.4) is 0 Å². The molecule has 1 heterocycles. The molecule has 0 atom stereocenters. The molecule has 0 aliphatic heterocycles. The highest BCUT2D eigenvalue weighted by atomic mass is 19.1. The number of H-pyrrole nitrogens is 1. The van der Waals surface area contributed by atoms with Gasteiger partial charge in [-0.05, 0) is 80.0 Å². The number of amides is 1. The number of hydrogen-bond acceptors (Lipinski definition) is 4. The van der Waals surface area contributed by atoms with Gasteiger partial charge in [0.05, 0.1) is 0 Å². The lowest BCUT2D eigenvalue weighted by Crippen LogP contribution is -2.61. The minimum absolute atomic E-state index is 0.180. The van der Waals surface area contributed by atoms with Crippen LogP contribution >= 0.6 is 0 Å². The van der Waals surface area contributed by atoms with E-state index in [9.17, 15) is 14.0 Å². The van der Waals surface area contributed by atoms with Gasteiger partial charge in [-0.2, -0.15) is 5.10 Å². The second-order valence-corrected chi connectivity index (χ2v) is 9.29. The molecule has 0 radical (unpaired) electrons. The van der Waals surface area contributed by atoms with Crippen LogP contribution < -0.4 is 0 Å². The highest BCUT2D eigenvalue weighted by Crippen LogP contribution is 2.58. The number of carbonyl (C=O) groups is 2. The summed E-state index contributed by atoms with van der Waals surface area (Å²) in [7, 11) is 0. The standard InChI is InChI=1S/C23H26FN3O3/c24-19-3-1-15(2-4-19)13-27(21(28)14-30-22(29)20-5-6-25-26-20)23-10-16-7-17(11-23)9-18(8-16)12-23/h1-6,16-18H,7-14H2,(H,25,26). The Bertz CT molecular complexity index is 890. The van der Waals surface area contributed by atoms with Crippen LogP contribution in [-0.4, -0.2) is 39.1 Å². The average Bonchev–Trinajstić information content (AvgIpc) is 3.25. The first-order valence-electron chi connectivity index (χ1n) is 10.7. The van der Waals surface area contributed by atoms with Crippen molar-refractivity contribution < 1.29 is 18.7 Å². The van der Waals surface area contributed by atoms with Crippen molar-refractivity contribution in [1.29, 1.82) is 0 Å². The quantitative estimate of drug-likeness (QED) is 0.736. The summed E-state index contributed by atoms with van der Waals surface area (Å²) < 4.78 is 18.7. The highest BCUT2D eigenvalue weighted by Gasteiger charge is 2.54. The summed E-state index contributed by atoms with van der Waals surface area (Å²) >= 11 is 0. The molecule has 1 aromatic carbocycles. The van der Waals surface area contributed by atoms with E-state index >= 15 is 0 Å². The van der Waals surface area contributed by atoms with Crippen molar-refractivity contribution in [3.63, 3.8) is 0 Å². The van der Waals surface area contributed by atoms with Gasteiger partial charge in [0.2, 0.25) is 0 Å². The molecule has 4 saturated carbocycles. The third kappa shape index (κ3) is 3.61. The van der Waals surface area contributed by atoms with Gasteiger partial charge in [0.25, 0.3) is 5.91 Å². The molecular weight excluding hydrogens is 385 g/mol. The minimum Gasteiger partial charge on any atom is -0.451 e. The van der Waals surface area contributed by atoms with Gasteiger partial charge in [-0.25, -0.2) is 9.18 Å². The first-order chi connectivity index (χ1) is 14.5. The third-order valence-corrected chi connectivity index (χ3v) is 7.18. The molecule has 1 N–H and O–H groups in total.